The summed E-state index contributed by atoms with van der Waals surface area (Å²) in [6.45, 7) is 5.08. The zero-order valence-electron chi connectivity index (χ0n) is 16.8. The number of nitrogens with zero attached hydrogens (tertiary/aromatic N) is 1. The maximum absolute atomic E-state index is 14.5. The fourth-order valence-corrected chi connectivity index (χ4v) is 3.11. The molecule has 1 aliphatic heterocycles. The first kappa shape index (κ1) is 20.9. The molecule has 0 aliphatic carbocycles. The Balaban J connectivity index is 1.71. The first-order chi connectivity index (χ1) is 14.1. The van der Waals surface area contributed by atoms with Gasteiger partial charge in [-0.1, -0.05) is 19.1 Å². The molecule has 154 valence electrons. The van der Waals surface area contributed by atoms with E-state index in [1.807, 2.05) is 24.0 Å². The van der Waals surface area contributed by atoms with Crippen LogP contribution in [0, 0.1) is 5.82 Å². The van der Waals surface area contributed by atoms with Gasteiger partial charge in [0, 0.05) is 18.7 Å². The number of benzene rings is 2. The minimum atomic E-state index is -0.398. The van der Waals surface area contributed by atoms with Crippen molar-refractivity contribution in [2.45, 2.75) is 13.3 Å². The number of anilines is 1. The molecule has 1 saturated heterocycles. The van der Waals surface area contributed by atoms with E-state index >= 15 is 0 Å². The lowest BCUT2D eigenvalue weighted by molar-refractivity contribution is 0.104. The molecular formula is C23H26FNO4. The quantitative estimate of drug-likeness (QED) is 0.488. The van der Waals surface area contributed by atoms with Crippen LogP contribution in [0.1, 0.15) is 29.3 Å². The van der Waals surface area contributed by atoms with Gasteiger partial charge in [-0.3, -0.25) is 4.79 Å². The Morgan fingerprint density at radius 2 is 1.97 bits per heavy atom. The smallest absolute Gasteiger partial charge is 0.185 e. The van der Waals surface area contributed by atoms with Gasteiger partial charge in [0.05, 0.1) is 32.6 Å². The lowest BCUT2D eigenvalue weighted by Gasteiger charge is -2.29. The van der Waals surface area contributed by atoms with Crippen LogP contribution in [0.2, 0.25) is 0 Å². The fourth-order valence-electron chi connectivity index (χ4n) is 3.11. The van der Waals surface area contributed by atoms with Crippen molar-refractivity contribution in [3.63, 3.8) is 0 Å². The van der Waals surface area contributed by atoms with E-state index in [0.29, 0.717) is 55.7 Å². The molecule has 29 heavy (non-hydrogen) atoms. The number of carbonyl (C=O) groups is 1. The molecule has 1 fully saturated rings. The molecule has 0 bridgehead atoms. The van der Waals surface area contributed by atoms with Gasteiger partial charge in [0.25, 0.3) is 0 Å². The fraction of sp³-hybridized carbons (Fsp3) is 0.348. The number of allylic oxidation sites excluding steroid dienone is 1. The zero-order chi connectivity index (χ0) is 20.6. The van der Waals surface area contributed by atoms with Crippen LogP contribution in [0.4, 0.5) is 10.1 Å². The molecule has 3 rings (SSSR count). The van der Waals surface area contributed by atoms with Crippen molar-refractivity contribution in [1.82, 2.24) is 0 Å². The molecule has 6 heteroatoms. The van der Waals surface area contributed by atoms with E-state index in [2.05, 4.69) is 0 Å². The topological polar surface area (TPSA) is 48.0 Å². The van der Waals surface area contributed by atoms with E-state index in [1.54, 1.807) is 31.4 Å². The third kappa shape index (κ3) is 5.35. The average Bonchev–Trinajstić information content (AvgIpc) is 2.76. The Labute approximate surface area is 170 Å². The van der Waals surface area contributed by atoms with Crippen molar-refractivity contribution in [3.05, 3.63) is 59.4 Å². The molecule has 2 aromatic carbocycles. The zero-order valence-corrected chi connectivity index (χ0v) is 16.8. The van der Waals surface area contributed by atoms with E-state index in [1.165, 1.54) is 12.1 Å². The van der Waals surface area contributed by atoms with Crippen LogP contribution in [0.5, 0.6) is 11.5 Å². The highest BCUT2D eigenvalue weighted by Gasteiger charge is 2.16. The molecule has 0 aromatic heterocycles. The first-order valence-electron chi connectivity index (χ1n) is 9.78. The SMILES string of the molecule is CCCOc1ccc(C=CC(=O)c2ccc(N3CCOCC3)c(F)c2)cc1OC. The molecular weight excluding hydrogens is 373 g/mol. The number of ether oxygens (including phenoxy) is 3. The molecule has 0 atom stereocenters. The summed E-state index contributed by atoms with van der Waals surface area (Å²) in [5.74, 6) is 0.612. The van der Waals surface area contributed by atoms with E-state index in [9.17, 15) is 9.18 Å². The summed E-state index contributed by atoms with van der Waals surface area (Å²) in [6, 6.07) is 10.1. The summed E-state index contributed by atoms with van der Waals surface area (Å²) >= 11 is 0. The molecule has 5 nitrogen and oxygen atoms in total. The summed E-state index contributed by atoms with van der Waals surface area (Å²) in [5.41, 5.74) is 1.61. The second kappa shape index (κ2) is 10.1. The van der Waals surface area contributed by atoms with Crippen molar-refractivity contribution in [3.8, 4) is 11.5 Å². The van der Waals surface area contributed by atoms with Crippen LogP contribution in [-0.4, -0.2) is 45.8 Å². The van der Waals surface area contributed by atoms with E-state index in [-0.39, 0.29) is 5.78 Å². The van der Waals surface area contributed by atoms with Gasteiger partial charge in [0.15, 0.2) is 17.3 Å². The average molecular weight is 399 g/mol. The summed E-state index contributed by atoms with van der Waals surface area (Å²) < 4.78 is 30.8. The minimum Gasteiger partial charge on any atom is -0.493 e. The van der Waals surface area contributed by atoms with Gasteiger partial charge >= 0.3 is 0 Å². The Hall–Kier alpha value is -2.86. The minimum absolute atomic E-state index is 0.261. The van der Waals surface area contributed by atoms with E-state index < -0.39 is 5.82 Å². The van der Waals surface area contributed by atoms with Crippen LogP contribution in [0.3, 0.4) is 0 Å². The van der Waals surface area contributed by atoms with Gasteiger partial charge in [0.2, 0.25) is 0 Å². The number of methoxy groups -OCH3 is 1. The Bertz CT molecular complexity index is 875. The number of carbonyl (C=O) groups excluding carboxylic acids is 1. The van der Waals surface area contributed by atoms with Gasteiger partial charge in [-0.15, -0.1) is 0 Å². The maximum Gasteiger partial charge on any atom is 0.185 e. The molecule has 2 aromatic rings. The number of hydrogen-bond acceptors (Lipinski definition) is 5. The van der Waals surface area contributed by atoms with Crippen LogP contribution in [-0.2, 0) is 4.74 Å². The maximum atomic E-state index is 14.5. The van der Waals surface area contributed by atoms with Crippen LogP contribution < -0.4 is 14.4 Å². The Morgan fingerprint density at radius 3 is 2.66 bits per heavy atom. The highest BCUT2D eigenvalue weighted by Crippen LogP contribution is 2.29. The number of ketones is 1. The van der Waals surface area contributed by atoms with E-state index in [4.69, 9.17) is 14.2 Å². The van der Waals surface area contributed by atoms with Gasteiger partial charge in [-0.25, -0.2) is 4.39 Å². The number of hydrogen-bond donors (Lipinski definition) is 0. The number of morpholine rings is 1. The monoisotopic (exact) mass is 399 g/mol. The first-order valence-corrected chi connectivity index (χ1v) is 9.78. The highest BCUT2D eigenvalue weighted by atomic mass is 19.1. The molecule has 0 radical (unpaired) electrons. The number of rotatable bonds is 8. The van der Waals surface area contributed by atoms with Gasteiger partial charge in [-0.2, -0.15) is 0 Å². The third-order valence-corrected chi connectivity index (χ3v) is 4.66. The second-order valence-electron chi connectivity index (χ2n) is 6.72. The van der Waals surface area contributed by atoms with Crippen LogP contribution in [0.25, 0.3) is 6.08 Å². The summed E-state index contributed by atoms with van der Waals surface area (Å²) in [6.07, 6.45) is 4.02. The van der Waals surface area contributed by atoms with Gasteiger partial charge in [-0.05, 0) is 48.4 Å². The molecule has 0 N–H and O–H groups in total. The predicted molar refractivity (Wildman–Crippen MR) is 112 cm³/mol. The predicted octanol–water partition coefficient (Wildman–Crippen LogP) is 4.36. The molecule has 1 aliphatic rings. The highest BCUT2D eigenvalue weighted by molar-refractivity contribution is 6.07. The molecule has 0 saturated carbocycles. The van der Waals surface area contributed by atoms with Crippen LogP contribution in [0.15, 0.2) is 42.5 Å². The second-order valence-corrected chi connectivity index (χ2v) is 6.72. The Kier molecular flexibility index (Phi) is 7.25. The van der Waals surface area contributed by atoms with E-state index in [0.717, 1.165) is 12.0 Å². The van der Waals surface area contributed by atoms with Gasteiger partial charge in [0.1, 0.15) is 5.82 Å². The lowest BCUT2D eigenvalue weighted by Crippen LogP contribution is -2.36. The molecule has 0 unspecified atom stereocenters. The van der Waals surface area contributed by atoms with Crippen molar-refractivity contribution in [1.29, 1.82) is 0 Å². The molecule has 0 amide bonds. The van der Waals surface area contributed by atoms with Crippen molar-refractivity contribution in [2.75, 3.05) is 44.9 Å². The summed E-state index contributed by atoms with van der Waals surface area (Å²) in [4.78, 5) is 14.4. The standard InChI is InChI=1S/C23H26FNO4/c1-3-12-29-22-9-5-17(15-23(22)27-2)4-8-21(26)18-6-7-20(19(24)16-18)25-10-13-28-14-11-25/h4-9,15-16H,3,10-14H2,1-2H3. The number of halogens is 1. The van der Waals surface area contributed by atoms with Gasteiger partial charge < -0.3 is 19.1 Å². The molecule has 0 spiro atoms. The summed E-state index contributed by atoms with van der Waals surface area (Å²) in [5, 5.41) is 0. The molecule has 1 heterocycles. The van der Waals surface area contributed by atoms with Crippen molar-refractivity contribution in [2.24, 2.45) is 0 Å². The summed E-state index contributed by atoms with van der Waals surface area (Å²) in [7, 11) is 1.57. The Morgan fingerprint density at radius 1 is 1.17 bits per heavy atom. The van der Waals surface area contributed by atoms with Crippen molar-refractivity contribution < 1.29 is 23.4 Å². The normalized spacial score (nSPS) is 14.2. The largest absolute Gasteiger partial charge is 0.493 e. The van der Waals surface area contributed by atoms with Crippen molar-refractivity contribution >= 4 is 17.5 Å². The lowest BCUT2D eigenvalue weighted by atomic mass is 10.1. The third-order valence-electron chi connectivity index (χ3n) is 4.66. The van der Waals surface area contributed by atoms with Crippen LogP contribution >= 0.6 is 0 Å².